The first-order chi connectivity index (χ1) is 13.5. The van der Waals surface area contributed by atoms with Crippen molar-refractivity contribution in [1.29, 1.82) is 0 Å². The molecule has 140 valence electrons. The highest BCUT2D eigenvalue weighted by Gasteiger charge is 2.16. The molecule has 0 amide bonds. The highest BCUT2D eigenvalue weighted by Crippen LogP contribution is 2.35. The number of aromatic nitrogens is 3. The van der Waals surface area contributed by atoms with Crippen LogP contribution in [-0.2, 0) is 0 Å². The van der Waals surface area contributed by atoms with Gasteiger partial charge in [0.25, 0.3) is 0 Å². The Labute approximate surface area is 171 Å². The minimum absolute atomic E-state index is 0.312. The molecule has 0 fully saturated rings. The molecule has 2 aromatic heterocycles. The largest absolute Gasteiger partial charge is 0.377 e. The fourth-order valence-electron chi connectivity index (χ4n) is 3.08. The lowest BCUT2D eigenvalue weighted by Gasteiger charge is -2.20. The summed E-state index contributed by atoms with van der Waals surface area (Å²) < 4.78 is 14.6. The standard InChI is InChI=1S/C21H15Cl2FN4/c1-12(16-6-13(2-4-19(16)24)14-8-25-11-26-9-14)28-21-17-7-15(22)3-5-20(17)27-10-18(21)23/h2-12H,1H3,(H,27,28)/t12-/m1/s1. The van der Waals surface area contributed by atoms with Gasteiger partial charge in [-0.2, -0.15) is 0 Å². The van der Waals surface area contributed by atoms with Crippen molar-refractivity contribution in [2.24, 2.45) is 0 Å². The van der Waals surface area contributed by atoms with E-state index in [2.05, 4.69) is 20.3 Å². The van der Waals surface area contributed by atoms with Crippen LogP contribution >= 0.6 is 23.2 Å². The molecule has 0 saturated carbocycles. The quantitative estimate of drug-likeness (QED) is 0.426. The molecule has 1 N–H and O–H groups in total. The molecular weight excluding hydrogens is 398 g/mol. The molecule has 0 unspecified atom stereocenters. The summed E-state index contributed by atoms with van der Waals surface area (Å²) in [5.41, 5.74) is 3.56. The number of nitrogens with zero attached hydrogens (tertiary/aromatic N) is 3. The third-order valence-corrected chi connectivity index (χ3v) is 5.02. The zero-order chi connectivity index (χ0) is 19.7. The van der Waals surface area contributed by atoms with Crippen LogP contribution < -0.4 is 5.32 Å². The maximum Gasteiger partial charge on any atom is 0.128 e. The third-order valence-electron chi connectivity index (χ3n) is 4.50. The van der Waals surface area contributed by atoms with Crippen LogP contribution in [0.15, 0.2) is 61.3 Å². The van der Waals surface area contributed by atoms with Gasteiger partial charge in [-0.25, -0.2) is 14.4 Å². The highest BCUT2D eigenvalue weighted by atomic mass is 35.5. The summed E-state index contributed by atoms with van der Waals surface area (Å²) >= 11 is 12.5. The number of halogens is 3. The lowest BCUT2D eigenvalue weighted by molar-refractivity contribution is 0.600. The van der Waals surface area contributed by atoms with E-state index in [4.69, 9.17) is 23.2 Å². The van der Waals surface area contributed by atoms with Gasteiger partial charge in [0.05, 0.1) is 22.3 Å². The number of fused-ring (bicyclic) bond motifs is 1. The van der Waals surface area contributed by atoms with Crippen molar-refractivity contribution in [2.45, 2.75) is 13.0 Å². The molecule has 0 aliphatic carbocycles. The topological polar surface area (TPSA) is 50.7 Å². The third kappa shape index (κ3) is 3.63. The van der Waals surface area contributed by atoms with Crippen molar-refractivity contribution in [2.75, 3.05) is 5.32 Å². The molecule has 28 heavy (non-hydrogen) atoms. The van der Waals surface area contributed by atoms with Crippen LogP contribution in [0.3, 0.4) is 0 Å². The summed E-state index contributed by atoms with van der Waals surface area (Å²) in [6, 6.07) is 9.96. The normalized spacial score (nSPS) is 12.1. The van der Waals surface area contributed by atoms with Crippen LogP contribution in [0.25, 0.3) is 22.0 Å². The van der Waals surface area contributed by atoms with Crippen molar-refractivity contribution in [3.8, 4) is 11.1 Å². The van der Waals surface area contributed by atoms with Crippen LogP contribution in [-0.4, -0.2) is 15.0 Å². The number of hydrogen-bond acceptors (Lipinski definition) is 4. The number of benzene rings is 2. The summed E-state index contributed by atoms with van der Waals surface area (Å²) in [7, 11) is 0. The van der Waals surface area contributed by atoms with E-state index in [1.807, 2.05) is 13.0 Å². The Bertz CT molecular complexity index is 1150. The monoisotopic (exact) mass is 412 g/mol. The molecule has 2 aromatic carbocycles. The van der Waals surface area contributed by atoms with E-state index in [0.717, 1.165) is 22.0 Å². The van der Waals surface area contributed by atoms with E-state index in [1.54, 1.807) is 42.9 Å². The van der Waals surface area contributed by atoms with Gasteiger partial charge in [0.1, 0.15) is 12.1 Å². The van der Waals surface area contributed by atoms with Crippen molar-refractivity contribution in [3.05, 3.63) is 82.7 Å². The SMILES string of the molecule is C[C@@H](Nc1c(Cl)cnc2ccc(Cl)cc12)c1cc(-c2cncnc2)ccc1F. The van der Waals surface area contributed by atoms with Gasteiger partial charge in [-0.05, 0) is 42.8 Å². The van der Waals surface area contributed by atoms with Crippen LogP contribution in [0.2, 0.25) is 10.0 Å². The molecule has 0 aliphatic rings. The smallest absolute Gasteiger partial charge is 0.128 e. The van der Waals surface area contributed by atoms with E-state index >= 15 is 0 Å². The minimum Gasteiger partial charge on any atom is -0.377 e. The second kappa shape index (κ2) is 7.70. The number of hydrogen-bond donors (Lipinski definition) is 1. The molecule has 4 nitrogen and oxygen atoms in total. The second-order valence-electron chi connectivity index (χ2n) is 6.37. The molecule has 2 heterocycles. The van der Waals surface area contributed by atoms with Crippen LogP contribution in [0.4, 0.5) is 10.1 Å². The molecule has 0 radical (unpaired) electrons. The van der Waals surface area contributed by atoms with Crippen molar-refractivity contribution in [3.63, 3.8) is 0 Å². The number of anilines is 1. The first kappa shape index (κ1) is 18.6. The Hall–Kier alpha value is -2.76. The molecule has 1 atom stereocenters. The van der Waals surface area contributed by atoms with E-state index in [9.17, 15) is 4.39 Å². The van der Waals surface area contributed by atoms with Gasteiger partial charge in [0.2, 0.25) is 0 Å². The maximum atomic E-state index is 14.6. The van der Waals surface area contributed by atoms with Crippen LogP contribution in [0.1, 0.15) is 18.5 Å². The summed E-state index contributed by atoms with van der Waals surface area (Å²) in [5.74, 6) is -0.312. The van der Waals surface area contributed by atoms with Gasteiger partial charge in [-0.15, -0.1) is 0 Å². The average molecular weight is 413 g/mol. The minimum atomic E-state index is -0.355. The van der Waals surface area contributed by atoms with E-state index < -0.39 is 0 Å². The van der Waals surface area contributed by atoms with Gasteiger partial charge < -0.3 is 5.32 Å². The van der Waals surface area contributed by atoms with Gasteiger partial charge in [-0.1, -0.05) is 29.3 Å². The van der Waals surface area contributed by atoms with Gasteiger partial charge in [0.15, 0.2) is 0 Å². The zero-order valence-electron chi connectivity index (χ0n) is 14.8. The predicted octanol–water partition coefficient (Wildman–Crippen LogP) is 6.31. The number of rotatable bonds is 4. The first-order valence-electron chi connectivity index (χ1n) is 8.58. The highest BCUT2D eigenvalue weighted by molar-refractivity contribution is 6.35. The average Bonchev–Trinajstić information content (AvgIpc) is 2.71. The van der Waals surface area contributed by atoms with Crippen molar-refractivity contribution >= 4 is 39.8 Å². The predicted molar refractivity (Wildman–Crippen MR) is 111 cm³/mol. The molecule has 0 saturated heterocycles. The Kier molecular flexibility index (Phi) is 5.11. The lowest BCUT2D eigenvalue weighted by Crippen LogP contribution is -2.10. The van der Waals surface area contributed by atoms with Gasteiger partial charge in [-0.3, -0.25) is 4.98 Å². The Morgan fingerprint density at radius 1 is 0.964 bits per heavy atom. The Morgan fingerprint density at radius 3 is 2.54 bits per heavy atom. The summed E-state index contributed by atoms with van der Waals surface area (Å²) in [6.07, 6.45) is 6.41. The second-order valence-corrected chi connectivity index (χ2v) is 7.22. The summed E-state index contributed by atoms with van der Waals surface area (Å²) in [4.78, 5) is 12.4. The van der Waals surface area contributed by atoms with Gasteiger partial charge >= 0.3 is 0 Å². The molecule has 0 spiro atoms. The number of pyridine rings is 1. The summed E-state index contributed by atoms with van der Waals surface area (Å²) in [6.45, 7) is 1.87. The Morgan fingerprint density at radius 2 is 1.75 bits per heavy atom. The lowest BCUT2D eigenvalue weighted by atomic mass is 10.0. The van der Waals surface area contributed by atoms with Crippen molar-refractivity contribution in [1.82, 2.24) is 15.0 Å². The van der Waals surface area contributed by atoms with Crippen molar-refractivity contribution < 1.29 is 4.39 Å². The summed E-state index contributed by atoms with van der Waals surface area (Å²) in [5, 5.41) is 5.11. The molecule has 4 rings (SSSR count). The number of nitrogens with one attached hydrogen (secondary N) is 1. The molecule has 7 heteroatoms. The van der Waals surface area contributed by atoms with E-state index in [-0.39, 0.29) is 11.9 Å². The molecular formula is C21H15Cl2FN4. The molecule has 0 bridgehead atoms. The first-order valence-corrected chi connectivity index (χ1v) is 9.33. The molecule has 4 aromatic rings. The molecule has 0 aliphatic heterocycles. The van der Waals surface area contributed by atoms with E-state index in [0.29, 0.717) is 21.3 Å². The van der Waals surface area contributed by atoms with Crippen LogP contribution in [0.5, 0.6) is 0 Å². The maximum absolute atomic E-state index is 14.6. The zero-order valence-corrected chi connectivity index (χ0v) is 16.3. The van der Waals surface area contributed by atoms with E-state index in [1.165, 1.54) is 12.4 Å². The fraction of sp³-hybridized carbons (Fsp3) is 0.0952. The fourth-order valence-corrected chi connectivity index (χ4v) is 3.46. The van der Waals surface area contributed by atoms with Crippen LogP contribution in [0, 0.1) is 5.82 Å². The Balaban J connectivity index is 1.73. The van der Waals surface area contributed by atoms with Gasteiger partial charge in [0, 0.05) is 40.1 Å².